The first-order chi connectivity index (χ1) is 14.7. The number of hydrogen-bond donors (Lipinski definition) is 1. The maximum atomic E-state index is 11.8. The molecular weight excluding hydrogens is 376 g/mol. The fourth-order valence-electron chi connectivity index (χ4n) is 3.54. The first-order valence-electron chi connectivity index (χ1n) is 10.1. The van der Waals surface area contributed by atoms with Gasteiger partial charge in [0.1, 0.15) is 0 Å². The number of fused-ring (bicyclic) bond motifs is 1. The lowest BCUT2D eigenvalue weighted by molar-refractivity contribution is -0.130. The molecule has 30 heavy (non-hydrogen) atoms. The predicted octanol–water partition coefficient (Wildman–Crippen LogP) is 4.05. The molecule has 5 rings (SSSR count). The summed E-state index contributed by atoms with van der Waals surface area (Å²) in [6.45, 7) is 2.30. The van der Waals surface area contributed by atoms with E-state index in [4.69, 9.17) is 0 Å². The van der Waals surface area contributed by atoms with E-state index in [1.54, 1.807) is 11.4 Å². The van der Waals surface area contributed by atoms with E-state index < -0.39 is 0 Å². The first kappa shape index (κ1) is 18.3. The second-order valence-corrected chi connectivity index (χ2v) is 7.58. The SMILES string of the molecule is CC(=O)N(Cc1ccc(Nc2ccc3nnc(-c4ccccc4)n3n2)cc1)C1CC1. The second-order valence-electron chi connectivity index (χ2n) is 7.58. The van der Waals surface area contributed by atoms with Crippen LogP contribution in [0.3, 0.4) is 0 Å². The van der Waals surface area contributed by atoms with Gasteiger partial charge in [0.25, 0.3) is 0 Å². The summed E-state index contributed by atoms with van der Waals surface area (Å²) in [4.78, 5) is 13.8. The maximum Gasteiger partial charge on any atom is 0.219 e. The lowest BCUT2D eigenvalue weighted by Gasteiger charge is -2.20. The molecular formula is C23H22N6O. The standard InChI is InChI=1S/C23H22N6O/c1-16(30)28(20-11-12-20)15-17-7-9-19(10-8-17)24-21-13-14-22-25-26-23(29(22)27-21)18-5-3-2-4-6-18/h2-10,13-14,20H,11-12,15H2,1H3,(H,24,27). The zero-order valence-corrected chi connectivity index (χ0v) is 16.7. The van der Waals surface area contributed by atoms with Crippen molar-refractivity contribution in [3.8, 4) is 11.4 Å². The topological polar surface area (TPSA) is 75.4 Å². The van der Waals surface area contributed by atoms with Gasteiger partial charge in [0.05, 0.1) is 0 Å². The number of hydrogen-bond acceptors (Lipinski definition) is 5. The summed E-state index contributed by atoms with van der Waals surface area (Å²) >= 11 is 0. The minimum Gasteiger partial charge on any atom is -0.339 e. The van der Waals surface area contributed by atoms with Gasteiger partial charge in [0.2, 0.25) is 5.91 Å². The molecule has 0 atom stereocenters. The molecule has 4 aromatic rings. The van der Waals surface area contributed by atoms with Gasteiger partial charge in [0, 0.05) is 30.8 Å². The zero-order valence-electron chi connectivity index (χ0n) is 16.7. The molecule has 7 nitrogen and oxygen atoms in total. The maximum absolute atomic E-state index is 11.8. The van der Waals surface area contributed by atoms with Crippen LogP contribution in [0.4, 0.5) is 11.5 Å². The third-order valence-corrected chi connectivity index (χ3v) is 5.27. The minimum absolute atomic E-state index is 0.139. The van der Waals surface area contributed by atoms with Crippen molar-refractivity contribution in [1.82, 2.24) is 24.7 Å². The van der Waals surface area contributed by atoms with Gasteiger partial charge in [0.15, 0.2) is 17.3 Å². The van der Waals surface area contributed by atoms with E-state index in [-0.39, 0.29) is 5.91 Å². The highest BCUT2D eigenvalue weighted by Crippen LogP contribution is 2.28. The van der Waals surface area contributed by atoms with Gasteiger partial charge in [-0.25, -0.2) is 0 Å². The molecule has 0 unspecified atom stereocenters. The summed E-state index contributed by atoms with van der Waals surface area (Å²) in [5.41, 5.74) is 3.71. The Balaban J connectivity index is 1.35. The van der Waals surface area contributed by atoms with Crippen molar-refractivity contribution in [2.24, 2.45) is 0 Å². The Labute approximate surface area is 174 Å². The van der Waals surface area contributed by atoms with Crippen LogP contribution in [0, 0.1) is 0 Å². The summed E-state index contributed by atoms with van der Waals surface area (Å²) < 4.78 is 1.74. The average Bonchev–Trinajstić information content (AvgIpc) is 3.52. The third kappa shape index (κ3) is 3.74. The quantitative estimate of drug-likeness (QED) is 0.530. The summed E-state index contributed by atoms with van der Waals surface area (Å²) in [5, 5.41) is 16.5. The Morgan fingerprint density at radius 1 is 1.03 bits per heavy atom. The molecule has 150 valence electrons. The van der Waals surface area contributed by atoms with Gasteiger partial charge in [-0.3, -0.25) is 4.79 Å². The van der Waals surface area contributed by atoms with Gasteiger partial charge in [-0.05, 0) is 42.7 Å². The van der Waals surface area contributed by atoms with E-state index >= 15 is 0 Å². The van der Waals surface area contributed by atoms with Crippen LogP contribution < -0.4 is 5.32 Å². The molecule has 0 bridgehead atoms. The van der Waals surface area contributed by atoms with Crippen molar-refractivity contribution in [3.63, 3.8) is 0 Å². The zero-order chi connectivity index (χ0) is 20.5. The predicted molar refractivity (Wildman–Crippen MR) is 115 cm³/mol. The molecule has 2 aromatic carbocycles. The highest BCUT2D eigenvalue weighted by molar-refractivity contribution is 5.74. The molecule has 1 saturated carbocycles. The molecule has 1 amide bonds. The molecule has 1 aliphatic rings. The number of carbonyl (C=O) groups excluding carboxylic acids is 1. The Kier molecular flexibility index (Phi) is 4.63. The normalized spacial score (nSPS) is 13.4. The average molecular weight is 398 g/mol. The number of nitrogens with zero attached hydrogens (tertiary/aromatic N) is 5. The number of nitrogens with one attached hydrogen (secondary N) is 1. The van der Waals surface area contributed by atoms with E-state index in [0.29, 0.717) is 29.9 Å². The molecule has 0 radical (unpaired) electrons. The van der Waals surface area contributed by atoms with Gasteiger partial charge in [-0.15, -0.1) is 15.3 Å². The fourth-order valence-corrected chi connectivity index (χ4v) is 3.54. The van der Waals surface area contributed by atoms with Crippen LogP contribution in [0.25, 0.3) is 17.0 Å². The largest absolute Gasteiger partial charge is 0.339 e. The van der Waals surface area contributed by atoms with Crippen molar-refractivity contribution in [1.29, 1.82) is 0 Å². The monoisotopic (exact) mass is 398 g/mol. The molecule has 0 saturated heterocycles. The third-order valence-electron chi connectivity index (χ3n) is 5.27. The van der Waals surface area contributed by atoms with Crippen molar-refractivity contribution >= 4 is 23.1 Å². The van der Waals surface area contributed by atoms with Gasteiger partial charge < -0.3 is 10.2 Å². The van der Waals surface area contributed by atoms with Crippen molar-refractivity contribution in [2.75, 3.05) is 5.32 Å². The van der Waals surface area contributed by atoms with Gasteiger partial charge in [-0.2, -0.15) is 4.52 Å². The molecule has 7 heteroatoms. The molecule has 0 aliphatic heterocycles. The van der Waals surface area contributed by atoms with E-state index in [0.717, 1.165) is 29.7 Å². The summed E-state index contributed by atoms with van der Waals surface area (Å²) in [6, 6.07) is 22.2. The van der Waals surface area contributed by atoms with Crippen LogP contribution in [-0.2, 0) is 11.3 Å². The van der Waals surface area contributed by atoms with E-state index in [2.05, 4.69) is 20.6 Å². The van der Waals surface area contributed by atoms with Crippen LogP contribution >= 0.6 is 0 Å². The lowest BCUT2D eigenvalue weighted by atomic mass is 10.2. The Morgan fingerprint density at radius 2 is 1.80 bits per heavy atom. The Bertz CT molecular complexity index is 1180. The first-order valence-corrected chi connectivity index (χ1v) is 10.1. The summed E-state index contributed by atoms with van der Waals surface area (Å²) in [7, 11) is 0. The Morgan fingerprint density at radius 3 is 2.50 bits per heavy atom. The van der Waals surface area contributed by atoms with Crippen LogP contribution in [0.15, 0.2) is 66.7 Å². The molecule has 0 spiro atoms. The molecule has 1 fully saturated rings. The van der Waals surface area contributed by atoms with Crippen molar-refractivity contribution in [3.05, 3.63) is 72.3 Å². The van der Waals surface area contributed by atoms with Crippen LogP contribution in [0.1, 0.15) is 25.3 Å². The van der Waals surface area contributed by atoms with Crippen molar-refractivity contribution < 1.29 is 4.79 Å². The summed E-state index contributed by atoms with van der Waals surface area (Å²) in [6.07, 6.45) is 2.23. The number of benzene rings is 2. The van der Waals surface area contributed by atoms with E-state index in [9.17, 15) is 4.79 Å². The highest BCUT2D eigenvalue weighted by atomic mass is 16.2. The van der Waals surface area contributed by atoms with Crippen LogP contribution in [-0.4, -0.2) is 36.7 Å². The minimum atomic E-state index is 0.139. The van der Waals surface area contributed by atoms with Crippen LogP contribution in [0.5, 0.6) is 0 Å². The number of aromatic nitrogens is 4. The van der Waals surface area contributed by atoms with Gasteiger partial charge >= 0.3 is 0 Å². The number of rotatable bonds is 6. The molecule has 2 heterocycles. The molecule has 1 aliphatic carbocycles. The lowest BCUT2D eigenvalue weighted by Crippen LogP contribution is -2.30. The molecule has 1 N–H and O–H groups in total. The highest BCUT2D eigenvalue weighted by Gasteiger charge is 2.30. The Hall–Kier alpha value is -3.74. The van der Waals surface area contributed by atoms with E-state index in [1.165, 1.54) is 0 Å². The second kappa shape index (κ2) is 7.59. The van der Waals surface area contributed by atoms with Gasteiger partial charge in [-0.1, -0.05) is 42.5 Å². The molecule has 2 aromatic heterocycles. The smallest absolute Gasteiger partial charge is 0.219 e. The number of anilines is 2. The summed E-state index contributed by atoms with van der Waals surface area (Å²) in [5.74, 6) is 1.55. The fraction of sp³-hybridized carbons (Fsp3) is 0.217. The van der Waals surface area contributed by atoms with E-state index in [1.807, 2.05) is 71.6 Å². The number of carbonyl (C=O) groups is 1. The van der Waals surface area contributed by atoms with Crippen LogP contribution in [0.2, 0.25) is 0 Å². The number of amides is 1. The van der Waals surface area contributed by atoms with Crippen molar-refractivity contribution in [2.45, 2.75) is 32.4 Å².